The molecule has 146 valence electrons. The summed E-state index contributed by atoms with van der Waals surface area (Å²) in [6.45, 7) is 5.68. The number of aliphatic imine (C=N–C) groups is 1. The van der Waals surface area contributed by atoms with Gasteiger partial charge in [0.15, 0.2) is 5.96 Å². The van der Waals surface area contributed by atoms with Crippen LogP contribution in [-0.2, 0) is 0 Å². The molecule has 1 aliphatic heterocycles. The Bertz CT molecular complexity index is 632. The zero-order valence-electron chi connectivity index (χ0n) is 15.0. The molecular weight excluding hydrogens is 453 g/mol. The number of benzene rings is 1. The van der Waals surface area contributed by atoms with Crippen molar-refractivity contribution in [2.75, 3.05) is 44.2 Å². The maximum atomic E-state index is 13.9. The van der Waals surface area contributed by atoms with E-state index in [-0.39, 0.29) is 24.0 Å². The van der Waals surface area contributed by atoms with Gasteiger partial charge in [0.25, 0.3) is 0 Å². The van der Waals surface area contributed by atoms with Crippen molar-refractivity contribution in [2.24, 2.45) is 4.99 Å². The molecule has 0 bridgehead atoms. The molecule has 0 aromatic heterocycles. The van der Waals surface area contributed by atoms with Crippen molar-refractivity contribution in [3.63, 3.8) is 0 Å². The molecule has 2 N–H and O–H groups in total. The first-order valence-corrected chi connectivity index (χ1v) is 8.96. The van der Waals surface area contributed by atoms with Gasteiger partial charge in [-0.2, -0.15) is 0 Å². The Morgan fingerprint density at radius 3 is 2.50 bits per heavy atom. The Morgan fingerprint density at radius 1 is 1.23 bits per heavy atom. The van der Waals surface area contributed by atoms with Gasteiger partial charge in [0, 0.05) is 38.8 Å². The Balaban J connectivity index is 0.00000243. The number of nitrogens with zero attached hydrogens (tertiary/aromatic N) is 3. The first-order chi connectivity index (χ1) is 12.0. The first kappa shape index (κ1) is 21.1. The van der Waals surface area contributed by atoms with Crippen LogP contribution in [0.15, 0.2) is 23.2 Å². The summed E-state index contributed by atoms with van der Waals surface area (Å²) in [6, 6.07) is 3.55. The van der Waals surface area contributed by atoms with E-state index in [9.17, 15) is 13.9 Å². The van der Waals surface area contributed by atoms with Crippen LogP contribution in [0.2, 0.25) is 0 Å². The zero-order valence-corrected chi connectivity index (χ0v) is 17.4. The molecule has 1 aromatic carbocycles. The summed E-state index contributed by atoms with van der Waals surface area (Å²) in [6.07, 6.45) is 2.67. The lowest BCUT2D eigenvalue weighted by Crippen LogP contribution is -2.53. The minimum Gasteiger partial charge on any atom is -0.388 e. The van der Waals surface area contributed by atoms with Crippen molar-refractivity contribution in [3.8, 4) is 0 Å². The van der Waals surface area contributed by atoms with Gasteiger partial charge in [-0.3, -0.25) is 4.99 Å². The Labute approximate surface area is 170 Å². The summed E-state index contributed by atoms with van der Waals surface area (Å²) >= 11 is 0. The summed E-state index contributed by atoms with van der Waals surface area (Å²) < 4.78 is 27.3. The molecule has 8 heteroatoms. The number of halogens is 3. The molecular formula is C18H27F2IN4O. The van der Waals surface area contributed by atoms with Crippen LogP contribution < -0.4 is 10.2 Å². The number of rotatable bonds is 4. The molecule has 1 saturated heterocycles. The molecule has 0 amide bonds. The molecule has 5 nitrogen and oxygen atoms in total. The van der Waals surface area contributed by atoms with Crippen LogP contribution in [0.5, 0.6) is 0 Å². The summed E-state index contributed by atoms with van der Waals surface area (Å²) in [5.74, 6) is -0.0488. The molecule has 3 rings (SSSR count). The first-order valence-electron chi connectivity index (χ1n) is 8.96. The van der Waals surface area contributed by atoms with Crippen molar-refractivity contribution < 1.29 is 13.9 Å². The molecule has 1 heterocycles. The SMILES string of the molecule is CCNC(=NCC1(O)CCC1)N1CCN(c2cc(F)ccc2F)CC1.I. The average Bonchev–Trinajstić information content (AvgIpc) is 2.59. The van der Waals surface area contributed by atoms with Crippen molar-refractivity contribution in [1.82, 2.24) is 10.2 Å². The van der Waals surface area contributed by atoms with E-state index in [2.05, 4.69) is 15.2 Å². The predicted molar refractivity (Wildman–Crippen MR) is 110 cm³/mol. The molecule has 1 saturated carbocycles. The lowest BCUT2D eigenvalue weighted by Gasteiger charge is -2.39. The van der Waals surface area contributed by atoms with E-state index in [4.69, 9.17) is 0 Å². The minimum atomic E-state index is -0.646. The number of piperazine rings is 1. The van der Waals surface area contributed by atoms with Crippen LogP contribution in [0, 0.1) is 11.6 Å². The van der Waals surface area contributed by atoms with Crippen LogP contribution in [0.4, 0.5) is 14.5 Å². The maximum absolute atomic E-state index is 13.9. The van der Waals surface area contributed by atoms with Crippen LogP contribution >= 0.6 is 24.0 Å². The zero-order chi connectivity index (χ0) is 17.9. The lowest BCUT2D eigenvalue weighted by molar-refractivity contribution is -0.0237. The molecule has 0 radical (unpaired) electrons. The summed E-state index contributed by atoms with van der Waals surface area (Å²) in [4.78, 5) is 8.56. The normalized spacial score (nSPS) is 19.6. The number of aliphatic hydroxyl groups is 1. The van der Waals surface area contributed by atoms with Gasteiger partial charge in [0.05, 0.1) is 17.8 Å². The van der Waals surface area contributed by atoms with Crippen LogP contribution in [0.3, 0.4) is 0 Å². The average molecular weight is 480 g/mol. The Kier molecular flexibility index (Phi) is 7.45. The second-order valence-electron chi connectivity index (χ2n) is 6.82. The molecule has 1 aromatic rings. The minimum absolute atomic E-state index is 0. The third-order valence-electron chi connectivity index (χ3n) is 4.97. The Morgan fingerprint density at radius 2 is 1.92 bits per heavy atom. The number of nitrogens with one attached hydrogen (secondary N) is 1. The number of guanidine groups is 1. The molecule has 2 fully saturated rings. The molecule has 26 heavy (non-hydrogen) atoms. The molecule has 2 aliphatic rings. The highest BCUT2D eigenvalue weighted by molar-refractivity contribution is 14.0. The summed E-state index contributed by atoms with van der Waals surface area (Å²) in [5, 5.41) is 13.5. The number of anilines is 1. The quantitative estimate of drug-likeness (QED) is 0.396. The fourth-order valence-corrected chi connectivity index (χ4v) is 3.28. The van der Waals surface area contributed by atoms with Crippen molar-refractivity contribution in [1.29, 1.82) is 0 Å². The highest BCUT2D eigenvalue weighted by Crippen LogP contribution is 2.31. The van der Waals surface area contributed by atoms with E-state index >= 15 is 0 Å². The van der Waals surface area contributed by atoms with Crippen molar-refractivity contribution in [3.05, 3.63) is 29.8 Å². The number of hydrogen-bond acceptors (Lipinski definition) is 3. The smallest absolute Gasteiger partial charge is 0.194 e. The highest BCUT2D eigenvalue weighted by atomic mass is 127. The third kappa shape index (κ3) is 4.97. The van der Waals surface area contributed by atoms with E-state index in [1.165, 1.54) is 12.1 Å². The van der Waals surface area contributed by atoms with Crippen LogP contribution in [0.25, 0.3) is 0 Å². The van der Waals surface area contributed by atoms with Crippen molar-refractivity contribution >= 4 is 35.6 Å². The lowest BCUT2D eigenvalue weighted by atomic mass is 9.80. The van der Waals surface area contributed by atoms with Gasteiger partial charge in [-0.25, -0.2) is 8.78 Å². The van der Waals surface area contributed by atoms with E-state index in [0.29, 0.717) is 38.4 Å². The van der Waals surface area contributed by atoms with E-state index in [0.717, 1.165) is 37.8 Å². The molecule has 0 unspecified atom stereocenters. The van der Waals surface area contributed by atoms with E-state index < -0.39 is 17.2 Å². The second kappa shape index (κ2) is 9.16. The molecule has 0 atom stereocenters. The largest absolute Gasteiger partial charge is 0.388 e. The van der Waals surface area contributed by atoms with Gasteiger partial charge in [0.2, 0.25) is 0 Å². The van der Waals surface area contributed by atoms with E-state index in [1.54, 1.807) is 0 Å². The van der Waals surface area contributed by atoms with Gasteiger partial charge in [-0.1, -0.05) is 0 Å². The van der Waals surface area contributed by atoms with Crippen LogP contribution in [0.1, 0.15) is 26.2 Å². The van der Waals surface area contributed by atoms with Gasteiger partial charge >= 0.3 is 0 Å². The topological polar surface area (TPSA) is 51.1 Å². The standard InChI is InChI=1S/C18H26F2N4O.HI/c1-2-21-17(22-13-18(25)6-3-7-18)24-10-8-23(9-11-24)16-12-14(19)4-5-15(16)20;/h4-5,12,25H,2-3,6-11,13H2,1H3,(H,21,22);1H. The number of hydrogen-bond donors (Lipinski definition) is 2. The van der Waals surface area contributed by atoms with Gasteiger partial charge in [-0.15, -0.1) is 24.0 Å². The van der Waals surface area contributed by atoms with E-state index in [1.807, 2.05) is 11.8 Å². The summed E-state index contributed by atoms with van der Waals surface area (Å²) in [5.41, 5.74) is -0.335. The predicted octanol–water partition coefficient (Wildman–Crippen LogP) is 2.59. The molecule has 1 aliphatic carbocycles. The monoisotopic (exact) mass is 480 g/mol. The fourth-order valence-electron chi connectivity index (χ4n) is 3.28. The third-order valence-corrected chi connectivity index (χ3v) is 4.97. The molecule has 0 spiro atoms. The maximum Gasteiger partial charge on any atom is 0.194 e. The van der Waals surface area contributed by atoms with Gasteiger partial charge < -0.3 is 20.2 Å². The highest BCUT2D eigenvalue weighted by Gasteiger charge is 2.34. The second-order valence-corrected chi connectivity index (χ2v) is 6.82. The van der Waals surface area contributed by atoms with Gasteiger partial charge in [0.1, 0.15) is 11.6 Å². The van der Waals surface area contributed by atoms with Crippen molar-refractivity contribution in [2.45, 2.75) is 31.8 Å². The fraction of sp³-hybridized carbons (Fsp3) is 0.611. The summed E-state index contributed by atoms with van der Waals surface area (Å²) in [7, 11) is 0. The van der Waals surface area contributed by atoms with Crippen LogP contribution in [-0.4, -0.2) is 60.8 Å². The van der Waals surface area contributed by atoms with Gasteiger partial charge in [-0.05, 0) is 38.3 Å². The Hall–Kier alpha value is -1.16.